The van der Waals surface area contributed by atoms with Crippen LogP contribution in [-0.2, 0) is 0 Å². The highest BCUT2D eigenvalue weighted by molar-refractivity contribution is 5.92. The van der Waals surface area contributed by atoms with Gasteiger partial charge in [-0.05, 0) is 44.2 Å². The van der Waals surface area contributed by atoms with Gasteiger partial charge in [-0.3, -0.25) is 4.79 Å². The number of methoxy groups -OCH3 is 1. The molecular weight excluding hydrogens is 430 g/mol. The minimum Gasteiger partial charge on any atom is -0.495 e. The maximum Gasteiger partial charge on any atom is 0.273 e. The Morgan fingerprint density at radius 3 is 2.82 bits per heavy atom. The van der Waals surface area contributed by atoms with Crippen LogP contribution in [0.1, 0.15) is 54.0 Å². The van der Waals surface area contributed by atoms with Crippen LogP contribution in [0, 0.1) is 30.1 Å². The summed E-state index contributed by atoms with van der Waals surface area (Å²) < 4.78 is 6.97. The number of carbonyl (C=O) groups excluding carboxylic acids is 1. The van der Waals surface area contributed by atoms with Crippen molar-refractivity contribution in [3.05, 3.63) is 47.5 Å². The molecule has 0 spiro atoms. The summed E-state index contributed by atoms with van der Waals surface area (Å²) in [4.78, 5) is 26.6. The summed E-state index contributed by atoms with van der Waals surface area (Å²) >= 11 is 0. The van der Waals surface area contributed by atoms with E-state index in [1.807, 2.05) is 24.1 Å². The zero-order chi connectivity index (χ0) is 23.8. The number of likely N-dealkylation sites (tertiary alicyclic amines) is 1. The molecule has 5 heterocycles. The SMILES string of the molecule is COc1ccc(C(=O)N2CCCC[C@H]2c2cc3nc(N4C[C@@H](C#N)[C@@H](C)C4)c(C)cn3n2)nc1. The molecule has 2 fully saturated rings. The number of pyridine rings is 1. The number of nitrogens with zero attached hydrogens (tertiary/aromatic N) is 7. The van der Waals surface area contributed by atoms with Gasteiger partial charge in [-0.2, -0.15) is 10.4 Å². The molecule has 2 aliphatic heterocycles. The van der Waals surface area contributed by atoms with Crippen LogP contribution < -0.4 is 9.64 Å². The van der Waals surface area contributed by atoms with E-state index in [0.29, 0.717) is 30.5 Å². The molecule has 3 aromatic rings. The van der Waals surface area contributed by atoms with Gasteiger partial charge in [0.25, 0.3) is 5.91 Å². The quantitative estimate of drug-likeness (QED) is 0.589. The summed E-state index contributed by atoms with van der Waals surface area (Å²) in [6, 6.07) is 7.75. The molecule has 0 N–H and O–H groups in total. The van der Waals surface area contributed by atoms with Crippen molar-refractivity contribution in [2.75, 3.05) is 31.6 Å². The molecule has 0 saturated carbocycles. The molecule has 34 heavy (non-hydrogen) atoms. The average molecular weight is 460 g/mol. The highest BCUT2D eigenvalue weighted by Gasteiger charge is 2.33. The number of hydrogen-bond acceptors (Lipinski definition) is 7. The molecule has 0 radical (unpaired) electrons. The van der Waals surface area contributed by atoms with Crippen molar-refractivity contribution in [3.8, 4) is 11.8 Å². The molecule has 9 heteroatoms. The molecule has 2 saturated heterocycles. The highest BCUT2D eigenvalue weighted by atomic mass is 16.5. The van der Waals surface area contributed by atoms with E-state index in [1.165, 1.54) is 0 Å². The Morgan fingerprint density at radius 2 is 2.12 bits per heavy atom. The van der Waals surface area contributed by atoms with E-state index in [2.05, 4.69) is 22.9 Å². The molecule has 0 bridgehead atoms. The number of fused-ring (bicyclic) bond motifs is 1. The van der Waals surface area contributed by atoms with Crippen LogP contribution in [-0.4, -0.2) is 57.1 Å². The Balaban J connectivity index is 1.44. The first-order valence-electron chi connectivity index (χ1n) is 11.8. The minimum absolute atomic E-state index is 0.0197. The standard InChI is InChI=1S/C25H29N7O2/c1-16-13-30(15-18(16)11-26)24-17(2)14-32-23(28-24)10-21(29-32)22-6-4-5-9-31(22)25(33)20-8-7-19(34-3)12-27-20/h7-8,10,12,14,16,18,22H,4-6,9,13,15H2,1-3H3/t16-,18+,22-/m0/s1. The number of carbonyl (C=O) groups is 1. The third kappa shape index (κ3) is 3.94. The molecule has 176 valence electrons. The molecule has 0 unspecified atom stereocenters. The van der Waals surface area contributed by atoms with Crippen LogP contribution in [0.25, 0.3) is 5.65 Å². The van der Waals surface area contributed by atoms with Crippen molar-refractivity contribution < 1.29 is 9.53 Å². The first-order chi connectivity index (χ1) is 16.5. The molecule has 0 aliphatic carbocycles. The summed E-state index contributed by atoms with van der Waals surface area (Å²) in [5.74, 6) is 1.77. The van der Waals surface area contributed by atoms with Gasteiger partial charge in [0.1, 0.15) is 17.3 Å². The van der Waals surface area contributed by atoms with Crippen molar-refractivity contribution >= 4 is 17.4 Å². The normalized spacial score (nSPS) is 22.7. The van der Waals surface area contributed by atoms with Crippen LogP contribution in [0.4, 0.5) is 5.82 Å². The van der Waals surface area contributed by atoms with Crippen molar-refractivity contribution in [1.29, 1.82) is 5.26 Å². The third-order valence-corrected chi connectivity index (χ3v) is 7.00. The first kappa shape index (κ1) is 22.1. The highest BCUT2D eigenvalue weighted by Crippen LogP contribution is 2.33. The second-order valence-electron chi connectivity index (χ2n) is 9.33. The van der Waals surface area contributed by atoms with Gasteiger partial charge in [-0.1, -0.05) is 6.92 Å². The van der Waals surface area contributed by atoms with Gasteiger partial charge < -0.3 is 14.5 Å². The van der Waals surface area contributed by atoms with Crippen molar-refractivity contribution in [3.63, 3.8) is 0 Å². The van der Waals surface area contributed by atoms with Gasteiger partial charge >= 0.3 is 0 Å². The molecule has 5 rings (SSSR count). The van der Waals surface area contributed by atoms with Crippen LogP contribution >= 0.6 is 0 Å². The first-order valence-corrected chi connectivity index (χ1v) is 11.8. The topological polar surface area (TPSA) is 99.7 Å². The minimum atomic E-state index is -0.120. The van der Waals surface area contributed by atoms with Crippen LogP contribution in [0.15, 0.2) is 30.6 Å². The van der Waals surface area contributed by atoms with Gasteiger partial charge in [-0.25, -0.2) is 14.5 Å². The van der Waals surface area contributed by atoms with Crippen molar-refractivity contribution in [2.24, 2.45) is 11.8 Å². The van der Waals surface area contributed by atoms with E-state index < -0.39 is 0 Å². The van der Waals surface area contributed by atoms with Crippen LogP contribution in [0.3, 0.4) is 0 Å². The Hall–Kier alpha value is -3.67. The summed E-state index contributed by atoms with van der Waals surface area (Å²) in [6.07, 6.45) is 6.41. The van der Waals surface area contributed by atoms with Crippen LogP contribution in [0.2, 0.25) is 0 Å². The Morgan fingerprint density at radius 1 is 1.26 bits per heavy atom. The molecule has 3 aromatic heterocycles. The largest absolute Gasteiger partial charge is 0.495 e. The van der Waals surface area contributed by atoms with E-state index in [1.54, 1.807) is 30.0 Å². The lowest BCUT2D eigenvalue weighted by Crippen LogP contribution is -2.39. The zero-order valence-corrected chi connectivity index (χ0v) is 19.8. The predicted octanol–water partition coefficient (Wildman–Crippen LogP) is 3.40. The number of hydrogen-bond donors (Lipinski definition) is 0. The lowest BCUT2D eigenvalue weighted by molar-refractivity contribution is 0.0599. The second-order valence-corrected chi connectivity index (χ2v) is 9.33. The summed E-state index contributed by atoms with van der Waals surface area (Å²) in [6.45, 7) is 6.33. The Labute approximate surface area is 199 Å². The molecular formula is C25H29N7O2. The number of amides is 1. The van der Waals surface area contributed by atoms with E-state index in [4.69, 9.17) is 14.8 Å². The number of piperidine rings is 1. The molecule has 2 aliphatic rings. The number of rotatable bonds is 4. The monoisotopic (exact) mass is 459 g/mol. The number of nitriles is 1. The van der Waals surface area contributed by atoms with Gasteiger partial charge in [0, 0.05) is 37.5 Å². The van der Waals surface area contributed by atoms with E-state index in [0.717, 1.165) is 48.5 Å². The molecule has 3 atom stereocenters. The van der Waals surface area contributed by atoms with E-state index in [-0.39, 0.29) is 17.9 Å². The Kier molecular flexibility index (Phi) is 5.82. The predicted molar refractivity (Wildman–Crippen MR) is 127 cm³/mol. The fourth-order valence-electron chi connectivity index (χ4n) is 5.07. The summed E-state index contributed by atoms with van der Waals surface area (Å²) in [5.41, 5.74) is 3.02. The maximum atomic E-state index is 13.3. The number of ether oxygens (including phenoxy) is 1. The van der Waals surface area contributed by atoms with Crippen LogP contribution in [0.5, 0.6) is 5.75 Å². The van der Waals surface area contributed by atoms with Crippen molar-refractivity contribution in [1.82, 2.24) is 24.5 Å². The lowest BCUT2D eigenvalue weighted by Gasteiger charge is -2.34. The Bertz CT molecular complexity index is 1250. The number of aryl methyl sites for hydroxylation is 1. The summed E-state index contributed by atoms with van der Waals surface area (Å²) in [7, 11) is 1.58. The second kappa shape index (κ2) is 8.93. The fourth-order valence-corrected chi connectivity index (χ4v) is 5.07. The summed E-state index contributed by atoms with van der Waals surface area (Å²) in [5, 5.41) is 14.2. The van der Waals surface area contributed by atoms with Gasteiger partial charge in [0.15, 0.2) is 5.65 Å². The lowest BCUT2D eigenvalue weighted by atomic mass is 9.99. The molecule has 9 nitrogen and oxygen atoms in total. The van der Waals surface area contributed by atoms with Gasteiger partial charge in [0.2, 0.25) is 0 Å². The van der Waals surface area contributed by atoms with E-state index >= 15 is 0 Å². The number of aromatic nitrogens is 4. The maximum absolute atomic E-state index is 13.3. The smallest absolute Gasteiger partial charge is 0.273 e. The van der Waals surface area contributed by atoms with E-state index in [9.17, 15) is 10.1 Å². The average Bonchev–Trinajstić information content (AvgIpc) is 3.45. The molecule has 1 amide bonds. The third-order valence-electron chi connectivity index (χ3n) is 7.00. The van der Waals surface area contributed by atoms with Gasteiger partial charge in [-0.15, -0.1) is 0 Å². The zero-order valence-electron chi connectivity index (χ0n) is 19.8. The van der Waals surface area contributed by atoms with Crippen molar-refractivity contribution in [2.45, 2.75) is 39.2 Å². The molecule has 0 aromatic carbocycles. The number of anilines is 1. The van der Waals surface area contributed by atoms with Gasteiger partial charge in [0.05, 0.1) is 37.0 Å². The fraction of sp³-hybridized carbons (Fsp3) is 0.480.